The summed E-state index contributed by atoms with van der Waals surface area (Å²) in [5, 5.41) is 0. The van der Waals surface area contributed by atoms with E-state index in [9.17, 15) is 4.39 Å². The van der Waals surface area contributed by atoms with E-state index in [2.05, 4.69) is 0 Å². The van der Waals surface area contributed by atoms with E-state index < -0.39 is 0 Å². The third-order valence-corrected chi connectivity index (χ3v) is 2.54. The van der Waals surface area contributed by atoms with Crippen LogP contribution in [0.3, 0.4) is 0 Å². The van der Waals surface area contributed by atoms with E-state index in [-0.39, 0.29) is 11.9 Å². The van der Waals surface area contributed by atoms with Gasteiger partial charge in [0.15, 0.2) is 0 Å². The topological polar surface area (TPSA) is 35.2 Å². The van der Waals surface area contributed by atoms with Crippen molar-refractivity contribution in [1.82, 2.24) is 0 Å². The van der Waals surface area contributed by atoms with E-state index >= 15 is 0 Å². The summed E-state index contributed by atoms with van der Waals surface area (Å²) >= 11 is 0. The molecule has 0 aliphatic rings. The number of benzene rings is 1. The lowest BCUT2D eigenvalue weighted by Crippen LogP contribution is -2.21. The van der Waals surface area contributed by atoms with Crippen molar-refractivity contribution in [2.75, 3.05) is 6.61 Å². The van der Waals surface area contributed by atoms with Crippen LogP contribution in [0.4, 0.5) is 4.39 Å². The van der Waals surface area contributed by atoms with Crippen LogP contribution in [-0.4, -0.2) is 12.6 Å². The first-order valence-electron chi connectivity index (χ1n) is 5.94. The molecule has 17 heavy (non-hydrogen) atoms. The highest BCUT2D eigenvalue weighted by Gasteiger charge is 2.05. The molecule has 0 saturated carbocycles. The molecule has 1 atom stereocenters. The Bertz CT molecular complexity index is 376. The van der Waals surface area contributed by atoms with Crippen LogP contribution in [0.2, 0.25) is 0 Å². The van der Waals surface area contributed by atoms with Crippen LogP contribution in [0.25, 0.3) is 0 Å². The van der Waals surface area contributed by atoms with Crippen molar-refractivity contribution < 1.29 is 9.13 Å². The molecule has 0 radical (unpaired) electrons. The third-order valence-electron chi connectivity index (χ3n) is 2.54. The van der Waals surface area contributed by atoms with Gasteiger partial charge in [-0.2, -0.15) is 0 Å². The zero-order valence-electron chi connectivity index (χ0n) is 10.4. The van der Waals surface area contributed by atoms with Crippen molar-refractivity contribution in [2.24, 2.45) is 5.73 Å². The minimum absolute atomic E-state index is 0.0696. The predicted octanol–water partition coefficient (Wildman–Crippen LogP) is 3.06. The highest BCUT2D eigenvalue weighted by Crippen LogP contribution is 2.18. The highest BCUT2D eigenvalue weighted by atomic mass is 19.1. The average Bonchev–Trinajstić information content (AvgIpc) is 2.28. The number of allylic oxidation sites excluding steroid dienone is 1. The van der Waals surface area contributed by atoms with Crippen LogP contribution in [0, 0.1) is 5.82 Å². The molecule has 0 bridgehead atoms. The smallest absolute Gasteiger partial charge is 0.127 e. The molecule has 1 aromatic rings. The molecule has 94 valence electrons. The van der Waals surface area contributed by atoms with E-state index in [1.165, 1.54) is 12.1 Å². The van der Waals surface area contributed by atoms with Crippen LogP contribution in [0.1, 0.15) is 25.8 Å². The van der Waals surface area contributed by atoms with Crippen LogP contribution < -0.4 is 10.5 Å². The van der Waals surface area contributed by atoms with E-state index in [1.807, 2.05) is 32.1 Å². The summed E-state index contributed by atoms with van der Waals surface area (Å²) in [6, 6.07) is 4.82. The maximum Gasteiger partial charge on any atom is 0.127 e. The molecule has 1 unspecified atom stereocenters. The van der Waals surface area contributed by atoms with Crippen molar-refractivity contribution in [3.8, 4) is 5.75 Å². The second kappa shape index (κ2) is 7.07. The minimum atomic E-state index is -0.277. The Morgan fingerprint density at radius 2 is 2.18 bits per heavy atom. The molecule has 1 aromatic carbocycles. The van der Waals surface area contributed by atoms with Gasteiger partial charge in [0, 0.05) is 12.1 Å². The summed E-state index contributed by atoms with van der Waals surface area (Å²) in [5.74, 6) is 0.280. The molecular formula is C14H20FNO. The molecule has 3 heteroatoms. The molecule has 1 rings (SSSR count). The first kappa shape index (κ1) is 13.7. The van der Waals surface area contributed by atoms with Gasteiger partial charge in [0.05, 0.1) is 0 Å². The lowest BCUT2D eigenvalue weighted by Gasteiger charge is -2.10. The van der Waals surface area contributed by atoms with Gasteiger partial charge in [0.25, 0.3) is 0 Å². The molecule has 0 amide bonds. The number of halogens is 1. The monoisotopic (exact) mass is 237 g/mol. The van der Waals surface area contributed by atoms with Crippen molar-refractivity contribution >= 4 is 0 Å². The fourth-order valence-corrected chi connectivity index (χ4v) is 1.51. The maximum atomic E-state index is 13.4. The van der Waals surface area contributed by atoms with Crippen LogP contribution >= 0.6 is 0 Å². The first-order valence-corrected chi connectivity index (χ1v) is 5.94. The Balaban J connectivity index is 2.71. The van der Waals surface area contributed by atoms with Gasteiger partial charge in [0.1, 0.15) is 18.2 Å². The molecule has 2 nitrogen and oxygen atoms in total. The van der Waals surface area contributed by atoms with Gasteiger partial charge in [-0.25, -0.2) is 4.39 Å². The molecule has 0 aliphatic heterocycles. The van der Waals surface area contributed by atoms with Gasteiger partial charge in [0.2, 0.25) is 0 Å². The van der Waals surface area contributed by atoms with Gasteiger partial charge < -0.3 is 10.5 Å². The third kappa shape index (κ3) is 5.00. The molecule has 0 spiro atoms. The van der Waals surface area contributed by atoms with Gasteiger partial charge in [-0.15, -0.1) is 0 Å². The fraction of sp³-hybridized carbons (Fsp3) is 0.429. The summed E-state index contributed by atoms with van der Waals surface area (Å²) in [5.41, 5.74) is 6.74. The molecular weight excluding hydrogens is 217 g/mol. The van der Waals surface area contributed by atoms with Gasteiger partial charge in [-0.1, -0.05) is 19.1 Å². The zero-order chi connectivity index (χ0) is 12.7. The predicted molar refractivity (Wildman–Crippen MR) is 68.7 cm³/mol. The molecule has 0 fully saturated rings. The first-order chi connectivity index (χ1) is 8.15. The Kier molecular flexibility index (Phi) is 5.70. The number of nitrogens with two attached hydrogens (primary N) is 1. The summed E-state index contributed by atoms with van der Waals surface area (Å²) in [6.45, 7) is 4.40. The summed E-state index contributed by atoms with van der Waals surface area (Å²) in [4.78, 5) is 0. The van der Waals surface area contributed by atoms with E-state index in [0.29, 0.717) is 18.8 Å². The lowest BCUT2D eigenvalue weighted by molar-refractivity contribution is 0.359. The van der Waals surface area contributed by atoms with Crippen LogP contribution in [0.15, 0.2) is 30.4 Å². The quantitative estimate of drug-likeness (QED) is 0.772. The molecule has 0 saturated heterocycles. The van der Waals surface area contributed by atoms with E-state index in [4.69, 9.17) is 10.5 Å². The average molecular weight is 237 g/mol. The largest absolute Gasteiger partial charge is 0.489 e. The molecule has 2 N–H and O–H groups in total. The Hall–Kier alpha value is -1.35. The Labute approximate surface area is 102 Å². The SMILES string of the molecule is C/C=C/COc1cc(F)cc(CC(N)CC)c1. The highest BCUT2D eigenvalue weighted by molar-refractivity contribution is 5.30. The van der Waals surface area contributed by atoms with Crippen molar-refractivity contribution in [3.63, 3.8) is 0 Å². The second-order valence-corrected chi connectivity index (χ2v) is 4.05. The fourth-order valence-electron chi connectivity index (χ4n) is 1.51. The number of hydrogen-bond donors (Lipinski definition) is 1. The van der Waals surface area contributed by atoms with Crippen molar-refractivity contribution in [2.45, 2.75) is 32.7 Å². The van der Waals surface area contributed by atoms with Crippen LogP contribution in [-0.2, 0) is 6.42 Å². The Morgan fingerprint density at radius 1 is 1.41 bits per heavy atom. The normalized spacial score (nSPS) is 12.9. The van der Waals surface area contributed by atoms with Gasteiger partial charge in [-0.05, 0) is 37.5 Å². The minimum Gasteiger partial charge on any atom is -0.489 e. The number of ether oxygens (including phenoxy) is 1. The van der Waals surface area contributed by atoms with E-state index in [1.54, 1.807) is 0 Å². The number of hydrogen-bond acceptors (Lipinski definition) is 2. The number of rotatable bonds is 6. The molecule has 0 heterocycles. The standard InChI is InChI=1S/C14H20FNO/c1-3-5-6-17-14-9-11(7-12(15)10-14)8-13(16)4-2/h3,5,7,9-10,13H,4,6,8,16H2,1-2H3/b5-3+. The molecule has 0 aromatic heterocycles. The summed E-state index contributed by atoms with van der Waals surface area (Å²) < 4.78 is 18.8. The van der Waals surface area contributed by atoms with Crippen LogP contribution in [0.5, 0.6) is 5.75 Å². The van der Waals surface area contributed by atoms with Gasteiger partial charge in [-0.3, -0.25) is 0 Å². The van der Waals surface area contributed by atoms with Gasteiger partial charge >= 0.3 is 0 Å². The molecule has 0 aliphatic carbocycles. The lowest BCUT2D eigenvalue weighted by atomic mass is 10.0. The zero-order valence-corrected chi connectivity index (χ0v) is 10.4. The maximum absolute atomic E-state index is 13.4. The van der Waals surface area contributed by atoms with E-state index in [0.717, 1.165) is 12.0 Å². The van der Waals surface area contributed by atoms with Crippen molar-refractivity contribution in [3.05, 3.63) is 41.7 Å². The summed E-state index contributed by atoms with van der Waals surface area (Å²) in [7, 11) is 0. The second-order valence-electron chi connectivity index (χ2n) is 4.05. The van der Waals surface area contributed by atoms with Crippen molar-refractivity contribution in [1.29, 1.82) is 0 Å². The Morgan fingerprint density at radius 3 is 2.82 bits per heavy atom. The summed E-state index contributed by atoms with van der Waals surface area (Å²) in [6.07, 6.45) is 5.33.